The van der Waals surface area contributed by atoms with Crippen LogP contribution in [0.5, 0.6) is 0 Å². The van der Waals surface area contributed by atoms with Crippen molar-refractivity contribution in [3.63, 3.8) is 0 Å². The summed E-state index contributed by atoms with van der Waals surface area (Å²) >= 11 is 0. The molecule has 16 heavy (non-hydrogen) atoms. The molecular weight excluding hydrogens is 233 g/mol. The molecule has 0 saturated carbocycles. The van der Waals surface area contributed by atoms with Crippen molar-refractivity contribution in [3.8, 4) is 0 Å². The Kier molecular flexibility index (Phi) is 4.01. The van der Waals surface area contributed by atoms with Gasteiger partial charge in [-0.1, -0.05) is 18.2 Å². The van der Waals surface area contributed by atoms with Crippen LogP contribution in [-0.2, 0) is 9.84 Å². The van der Waals surface area contributed by atoms with E-state index in [9.17, 15) is 12.8 Å². The van der Waals surface area contributed by atoms with E-state index in [1.54, 1.807) is 6.07 Å². The van der Waals surface area contributed by atoms with Crippen molar-refractivity contribution in [1.29, 1.82) is 0 Å². The SMILES string of the molecule is CS(=O)(=O)[C@@H](CO)[C@@H](N)c1ccccc1F. The largest absolute Gasteiger partial charge is 0.395 e. The highest BCUT2D eigenvalue weighted by Crippen LogP contribution is 2.21. The topological polar surface area (TPSA) is 80.4 Å². The molecule has 0 bridgehead atoms. The van der Waals surface area contributed by atoms with Crippen LogP contribution in [0.3, 0.4) is 0 Å². The van der Waals surface area contributed by atoms with E-state index in [0.717, 1.165) is 6.26 Å². The molecule has 0 aliphatic carbocycles. The van der Waals surface area contributed by atoms with Gasteiger partial charge in [0.15, 0.2) is 9.84 Å². The van der Waals surface area contributed by atoms with Crippen molar-refractivity contribution < 1.29 is 17.9 Å². The molecule has 90 valence electrons. The minimum Gasteiger partial charge on any atom is -0.395 e. The zero-order chi connectivity index (χ0) is 12.3. The van der Waals surface area contributed by atoms with Crippen molar-refractivity contribution in [1.82, 2.24) is 0 Å². The molecule has 0 amide bonds. The molecule has 0 saturated heterocycles. The van der Waals surface area contributed by atoms with Gasteiger partial charge in [0, 0.05) is 11.8 Å². The number of benzene rings is 1. The molecule has 0 unspecified atom stereocenters. The predicted molar refractivity (Wildman–Crippen MR) is 59.0 cm³/mol. The lowest BCUT2D eigenvalue weighted by Gasteiger charge is -2.20. The number of rotatable bonds is 4. The molecule has 0 aliphatic heterocycles. The summed E-state index contributed by atoms with van der Waals surface area (Å²) in [6.45, 7) is -0.631. The Morgan fingerprint density at radius 1 is 1.44 bits per heavy atom. The van der Waals surface area contributed by atoms with Gasteiger partial charge in [-0.2, -0.15) is 0 Å². The van der Waals surface area contributed by atoms with Crippen molar-refractivity contribution in [2.75, 3.05) is 12.9 Å². The van der Waals surface area contributed by atoms with E-state index in [-0.39, 0.29) is 5.56 Å². The van der Waals surface area contributed by atoms with E-state index < -0.39 is 33.6 Å². The summed E-state index contributed by atoms with van der Waals surface area (Å²) < 4.78 is 36.0. The number of nitrogens with two attached hydrogens (primary N) is 1. The summed E-state index contributed by atoms with van der Waals surface area (Å²) in [5, 5.41) is 7.81. The van der Waals surface area contributed by atoms with Crippen molar-refractivity contribution in [2.45, 2.75) is 11.3 Å². The van der Waals surface area contributed by atoms with Gasteiger partial charge < -0.3 is 10.8 Å². The number of aliphatic hydroxyl groups is 1. The van der Waals surface area contributed by atoms with Gasteiger partial charge >= 0.3 is 0 Å². The van der Waals surface area contributed by atoms with Crippen LogP contribution in [0.4, 0.5) is 4.39 Å². The minimum atomic E-state index is -3.52. The molecule has 4 nitrogen and oxygen atoms in total. The van der Waals surface area contributed by atoms with E-state index in [0.29, 0.717) is 0 Å². The van der Waals surface area contributed by atoms with Gasteiger partial charge in [0.05, 0.1) is 12.6 Å². The molecule has 1 aromatic carbocycles. The first kappa shape index (κ1) is 13.1. The second-order valence-electron chi connectivity index (χ2n) is 3.60. The number of hydrogen-bond donors (Lipinski definition) is 2. The van der Waals surface area contributed by atoms with Crippen molar-refractivity contribution in [2.24, 2.45) is 5.73 Å². The molecule has 1 aromatic rings. The standard InChI is InChI=1S/C10H14FNO3S/c1-16(14,15)9(6-13)10(12)7-4-2-3-5-8(7)11/h2-5,9-10,13H,6,12H2,1H3/t9-,10-/m0/s1. The first-order valence-corrected chi connectivity index (χ1v) is 6.63. The van der Waals surface area contributed by atoms with Crippen molar-refractivity contribution in [3.05, 3.63) is 35.6 Å². The average Bonchev–Trinajstić information content (AvgIpc) is 2.17. The van der Waals surface area contributed by atoms with Crippen LogP contribution in [0.15, 0.2) is 24.3 Å². The van der Waals surface area contributed by atoms with Crippen LogP contribution in [0.2, 0.25) is 0 Å². The second-order valence-corrected chi connectivity index (χ2v) is 5.86. The van der Waals surface area contributed by atoms with Crippen LogP contribution in [0, 0.1) is 5.82 Å². The van der Waals surface area contributed by atoms with E-state index in [4.69, 9.17) is 10.8 Å². The van der Waals surface area contributed by atoms with Gasteiger partial charge in [-0.05, 0) is 6.07 Å². The highest BCUT2D eigenvalue weighted by Gasteiger charge is 2.29. The molecule has 0 radical (unpaired) electrons. The Morgan fingerprint density at radius 2 is 2.00 bits per heavy atom. The molecule has 0 fully saturated rings. The molecule has 1 rings (SSSR count). The molecule has 0 aliphatic rings. The summed E-state index contributed by atoms with van der Waals surface area (Å²) in [4.78, 5) is 0. The summed E-state index contributed by atoms with van der Waals surface area (Å²) in [6.07, 6.45) is 0.967. The lowest BCUT2D eigenvalue weighted by Crippen LogP contribution is -2.36. The fourth-order valence-corrected chi connectivity index (χ4v) is 2.41. The molecule has 0 heterocycles. The van der Waals surface area contributed by atoms with E-state index in [1.807, 2.05) is 0 Å². The van der Waals surface area contributed by atoms with Crippen molar-refractivity contribution >= 4 is 9.84 Å². The Morgan fingerprint density at radius 3 is 2.44 bits per heavy atom. The lowest BCUT2D eigenvalue weighted by atomic mass is 10.0. The number of halogens is 1. The Hall–Kier alpha value is -0.980. The van der Waals surface area contributed by atoms with Gasteiger partial charge in [-0.25, -0.2) is 12.8 Å². The fourth-order valence-electron chi connectivity index (χ4n) is 1.46. The van der Waals surface area contributed by atoms with Gasteiger partial charge in [0.2, 0.25) is 0 Å². The molecule has 3 N–H and O–H groups in total. The summed E-state index contributed by atoms with van der Waals surface area (Å²) in [7, 11) is -3.52. The zero-order valence-corrected chi connectivity index (χ0v) is 9.61. The predicted octanol–water partition coefficient (Wildman–Crippen LogP) is 0.231. The zero-order valence-electron chi connectivity index (χ0n) is 8.80. The maximum absolute atomic E-state index is 13.4. The normalized spacial score (nSPS) is 15.8. The molecule has 0 aromatic heterocycles. The minimum absolute atomic E-state index is 0.0898. The third kappa shape index (κ3) is 2.78. The maximum atomic E-state index is 13.4. The van der Waals surface area contributed by atoms with E-state index >= 15 is 0 Å². The Bertz CT molecular complexity index is 461. The van der Waals surface area contributed by atoms with Crippen LogP contribution in [0.1, 0.15) is 11.6 Å². The highest BCUT2D eigenvalue weighted by molar-refractivity contribution is 7.91. The maximum Gasteiger partial charge on any atom is 0.154 e. The third-order valence-corrected chi connectivity index (χ3v) is 3.94. The van der Waals surface area contributed by atoms with Gasteiger partial charge in [0.25, 0.3) is 0 Å². The molecule has 6 heteroatoms. The Labute approximate surface area is 93.8 Å². The van der Waals surface area contributed by atoms with Gasteiger partial charge in [-0.3, -0.25) is 0 Å². The van der Waals surface area contributed by atoms with Crippen LogP contribution in [0.25, 0.3) is 0 Å². The quantitative estimate of drug-likeness (QED) is 0.798. The third-order valence-electron chi connectivity index (χ3n) is 2.39. The highest BCUT2D eigenvalue weighted by atomic mass is 32.2. The smallest absolute Gasteiger partial charge is 0.154 e. The lowest BCUT2D eigenvalue weighted by molar-refractivity contribution is 0.277. The Balaban J connectivity index is 3.10. The summed E-state index contributed by atoms with van der Waals surface area (Å²) in [6, 6.07) is 4.59. The average molecular weight is 247 g/mol. The molecule has 0 spiro atoms. The second kappa shape index (κ2) is 4.90. The summed E-state index contributed by atoms with van der Waals surface area (Å²) in [5.41, 5.74) is 5.75. The molecular formula is C10H14FNO3S. The van der Waals surface area contributed by atoms with Gasteiger partial charge in [-0.15, -0.1) is 0 Å². The van der Waals surface area contributed by atoms with Crippen LogP contribution in [-0.4, -0.2) is 31.6 Å². The first-order chi connectivity index (χ1) is 7.38. The molecule has 2 atom stereocenters. The first-order valence-electron chi connectivity index (χ1n) is 4.67. The summed E-state index contributed by atoms with van der Waals surface area (Å²) in [5.74, 6) is -0.572. The van der Waals surface area contributed by atoms with E-state index in [2.05, 4.69) is 0 Å². The number of sulfone groups is 1. The van der Waals surface area contributed by atoms with E-state index in [1.165, 1.54) is 18.2 Å². The van der Waals surface area contributed by atoms with Crippen LogP contribution >= 0.6 is 0 Å². The fraction of sp³-hybridized carbons (Fsp3) is 0.400. The number of hydrogen-bond acceptors (Lipinski definition) is 4. The number of aliphatic hydroxyl groups excluding tert-OH is 1. The monoisotopic (exact) mass is 247 g/mol. The van der Waals surface area contributed by atoms with Gasteiger partial charge in [0.1, 0.15) is 11.1 Å². The van der Waals surface area contributed by atoms with Crippen LogP contribution < -0.4 is 5.73 Å².